The monoisotopic (exact) mass is 374 g/mol. The largest absolute Gasteiger partial charge is 0.495 e. The van der Waals surface area contributed by atoms with Crippen molar-refractivity contribution in [2.45, 2.75) is 32.4 Å². The van der Waals surface area contributed by atoms with Gasteiger partial charge in [-0.1, -0.05) is 48.5 Å². The molecular weight excluding hydrogens is 348 g/mol. The average molecular weight is 374 g/mol. The molecule has 1 saturated heterocycles. The molecule has 1 amide bonds. The van der Waals surface area contributed by atoms with Gasteiger partial charge in [0.1, 0.15) is 5.75 Å². The van der Waals surface area contributed by atoms with E-state index >= 15 is 0 Å². The maximum atomic E-state index is 12.2. The van der Waals surface area contributed by atoms with Crippen LogP contribution in [-0.4, -0.2) is 19.6 Å². The summed E-state index contributed by atoms with van der Waals surface area (Å²) in [6, 6.07) is 21.2. The summed E-state index contributed by atoms with van der Waals surface area (Å²) in [4.78, 5) is 14.0. The Balaban J connectivity index is 1.54. The van der Waals surface area contributed by atoms with Crippen molar-refractivity contribution >= 4 is 22.4 Å². The van der Waals surface area contributed by atoms with Crippen molar-refractivity contribution in [2.75, 3.05) is 18.6 Å². The molecule has 28 heavy (non-hydrogen) atoms. The molecule has 4 nitrogen and oxygen atoms in total. The van der Waals surface area contributed by atoms with Gasteiger partial charge in [0.05, 0.1) is 12.8 Å². The summed E-state index contributed by atoms with van der Waals surface area (Å²) in [5.41, 5.74) is 3.31. The van der Waals surface area contributed by atoms with Crippen molar-refractivity contribution in [3.05, 3.63) is 71.8 Å². The number of hydrogen-bond donors (Lipinski definition) is 1. The summed E-state index contributed by atoms with van der Waals surface area (Å²) in [6.07, 6.45) is 1.52. The number of ether oxygens (including phenoxy) is 1. The number of nitrogens with zero attached hydrogens (tertiary/aromatic N) is 1. The fourth-order valence-electron chi connectivity index (χ4n) is 3.97. The Morgan fingerprint density at radius 2 is 1.93 bits per heavy atom. The Morgan fingerprint density at radius 3 is 2.71 bits per heavy atom. The molecule has 1 fully saturated rings. The Morgan fingerprint density at radius 1 is 1.11 bits per heavy atom. The first kappa shape index (κ1) is 18.5. The maximum Gasteiger partial charge on any atom is 0.227 e. The SMILES string of the molecule is COc1ccc(CN[C@H](C)c2cccc3ccccc23)cc1N1CCCC1=O. The molecule has 0 aromatic heterocycles. The van der Waals surface area contributed by atoms with Crippen LogP contribution < -0.4 is 15.0 Å². The highest BCUT2D eigenvalue weighted by Gasteiger charge is 2.24. The van der Waals surface area contributed by atoms with E-state index in [-0.39, 0.29) is 11.9 Å². The van der Waals surface area contributed by atoms with Crippen LogP contribution in [0.3, 0.4) is 0 Å². The van der Waals surface area contributed by atoms with Crippen LogP contribution in [0, 0.1) is 0 Å². The van der Waals surface area contributed by atoms with Crippen molar-refractivity contribution in [3.8, 4) is 5.75 Å². The number of hydrogen-bond acceptors (Lipinski definition) is 3. The number of amides is 1. The van der Waals surface area contributed by atoms with E-state index in [2.05, 4.69) is 66.8 Å². The highest BCUT2D eigenvalue weighted by atomic mass is 16.5. The lowest BCUT2D eigenvalue weighted by Crippen LogP contribution is -2.25. The van der Waals surface area contributed by atoms with E-state index in [0.717, 1.165) is 36.5 Å². The van der Waals surface area contributed by atoms with Crippen LogP contribution >= 0.6 is 0 Å². The molecule has 0 radical (unpaired) electrons. The molecular formula is C24H26N2O2. The standard InChI is InChI=1S/C24H26N2O2/c1-17(20-10-5-8-19-7-3-4-9-21(19)20)25-16-18-12-13-23(28-2)22(15-18)26-14-6-11-24(26)27/h3-5,7-10,12-13,15,17,25H,6,11,14,16H2,1-2H3/t17-/m1/s1. The van der Waals surface area contributed by atoms with Gasteiger partial charge in [0, 0.05) is 25.6 Å². The molecule has 0 spiro atoms. The Labute approximate surface area is 166 Å². The molecule has 0 aliphatic carbocycles. The molecule has 1 aliphatic heterocycles. The third-order valence-electron chi connectivity index (χ3n) is 5.51. The van der Waals surface area contributed by atoms with Gasteiger partial charge in [-0.15, -0.1) is 0 Å². The van der Waals surface area contributed by atoms with Crippen molar-refractivity contribution in [2.24, 2.45) is 0 Å². The van der Waals surface area contributed by atoms with Crippen LogP contribution in [-0.2, 0) is 11.3 Å². The summed E-state index contributed by atoms with van der Waals surface area (Å²) in [5, 5.41) is 6.17. The van der Waals surface area contributed by atoms with E-state index in [4.69, 9.17) is 4.74 Å². The molecule has 3 aromatic rings. The van der Waals surface area contributed by atoms with Crippen LogP contribution in [0.5, 0.6) is 5.75 Å². The summed E-state index contributed by atoms with van der Waals surface area (Å²) in [5.74, 6) is 0.925. The van der Waals surface area contributed by atoms with Crippen LogP contribution in [0.1, 0.15) is 36.9 Å². The number of methoxy groups -OCH3 is 1. The second-order valence-electron chi connectivity index (χ2n) is 7.33. The van der Waals surface area contributed by atoms with E-state index < -0.39 is 0 Å². The van der Waals surface area contributed by atoms with Crippen LogP contribution in [0.4, 0.5) is 5.69 Å². The van der Waals surface area contributed by atoms with Crippen molar-refractivity contribution in [1.82, 2.24) is 5.32 Å². The third-order valence-corrected chi connectivity index (χ3v) is 5.51. The smallest absolute Gasteiger partial charge is 0.227 e. The number of rotatable bonds is 6. The van der Waals surface area contributed by atoms with E-state index in [1.165, 1.54) is 16.3 Å². The molecule has 0 bridgehead atoms. The zero-order valence-electron chi connectivity index (χ0n) is 16.4. The first-order valence-corrected chi connectivity index (χ1v) is 9.85. The summed E-state index contributed by atoms with van der Waals surface area (Å²) in [6.45, 7) is 3.68. The van der Waals surface area contributed by atoms with Gasteiger partial charge in [0.15, 0.2) is 0 Å². The normalized spacial score (nSPS) is 15.2. The number of nitrogens with one attached hydrogen (secondary N) is 1. The van der Waals surface area contributed by atoms with Gasteiger partial charge in [-0.25, -0.2) is 0 Å². The Hall–Kier alpha value is -2.85. The summed E-state index contributed by atoms with van der Waals surface area (Å²) < 4.78 is 5.49. The van der Waals surface area contributed by atoms with Gasteiger partial charge in [0.25, 0.3) is 0 Å². The van der Waals surface area contributed by atoms with Crippen LogP contribution in [0.15, 0.2) is 60.7 Å². The van der Waals surface area contributed by atoms with E-state index in [1.807, 2.05) is 11.0 Å². The second kappa shape index (κ2) is 8.03. The topological polar surface area (TPSA) is 41.6 Å². The molecule has 4 rings (SSSR count). The molecule has 3 aromatic carbocycles. The van der Waals surface area contributed by atoms with Crippen molar-refractivity contribution in [3.63, 3.8) is 0 Å². The lowest BCUT2D eigenvalue weighted by Gasteiger charge is -2.21. The second-order valence-corrected chi connectivity index (χ2v) is 7.33. The minimum Gasteiger partial charge on any atom is -0.495 e. The maximum absolute atomic E-state index is 12.2. The van der Waals surface area contributed by atoms with Gasteiger partial charge in [0.2, 0.25) is 5.91 Å². The quantitative estimate of drug-likeness (QED) is 0.672. The van der Waals surface area contributed by atoms with E-state index in [0.29, 0.717) is 6.42 Å². The minimum absolute atomic E-state index is 0.174. The molecule has 1 aliphatic rings. The summed E-state index contributed by atoms with van der Waals surface area (Å²) >= 11 is 0. The first-order chi connectivity index (χ1) is 13.7. The molecule has 0 unspecified atom stereocenters. The molecule has 4 heteroatoms. The van der Waals surface area contributed by atoms with E-state index in [1.54, 1.807) is 7.11 Å². The minimum atomic E-state index is 0.174. The van der Waals surface area contributed by atoms with E-state index in [9.17, 15) is 4.79 Å². The molecule has 1 N–H and O–H groups in total. The molecule has 144 valence electrons. The van der Waals surface area contributed by atoms with Gasteiger partial charge < -0.3 is 15.0 Å². The zero-order chi connectivity index (χ0) is 19.5. The lowest BCUT2D eigenvalue weighted by molar-refractivity contribution is -0.117. The number of fused-ring (bicyclic) bond motifs is 1. The fourth-order valence-corrected chi connectivity index (χ4v) is 3.97. The Bertz CT molecular complexity index is 994. The van der Waals surface area contributed by atoms with Crippen molar-refractivity contribution in [1.29, 1.82) is 0 Å². The molecule has 0 saturated carbocycles. The molecule has 1 heterocycles. The molecule has 1 atom stereocenters. The fraction of sp³-hybridized carbons (Fsp3) is 0.292. The first-order valence-electron chi connectivity index (χ1n) is 9.85. The summed E-state index contributed by atoms with van der Waals surface area (Å²) in [7, 11) is 1.65. The van der Waals surface area contributed by atoms with Crippen LogP contribution in [0.2, 0.25) is 0 Å². The third kappa shape index (κ3) is 3.60. The highest BCUT2D eigenvalue weighted by molar-refractivity contribution is 5.96. The van der Waals surface area contributed by atoms with Crippen molar-refractivity contribution < 1.29 is 9.53 Å². The van der Waals surface area contributed by atoms with Gasteiger partial charge >= 0.3 is 0 Å². The van der Waals surface area contributed by atoms with Gasteiger partial charge in [-0.2, -0.15) is 0 Å². The zero-order valence-corrected chi connectivity index (χ0v) is 16.4. The average Bonchev–Trinajstić information content (AvgIpc) is 3.17. The number of carbonyl (C=O) groups excluding carboxylic acids is 1. The Kier molecular flexibility index (Phi) is 5.31. The number of anilines is 1. The predicted molar refractivity (Wildman–Crippen MR) is 114 cm³/mol. The van der Waals surface area contributed by atoms with Gasteiger partial charge in [-0.3, -0.25) is 4.79 Å². The van der Waals surface area contributed by atoms with Crippen LogP contribution in [0.25, 0.3) is 10.8 Å². The van der Waals surface area contributed by atoms with Gasteiger partial charge in [-0.05, 0) is 47.4 Å². The number of carbonyl (C=O) groups is 1. The lowest BCUT2D eigenvalue weighted by atomic mass is 9.99. The highest BCUT2D eigenvalue weighted by Crippen LogP contribution is 2.32. The predicted octanol–water partition coefficient (Wildman–Crippen LogP) is 4.83. The number of benzene rings is 3.